The second kappa shape index (κ2) is 9.39. The molecule has 0 aliphatic carbocycles. The number of amides is 1. The van der Waals surface area contributed by atoms with Crippen LogP contribution in [0.4, 0.5) is 5.69 Å². The SMILES string of the molecule is Cc1ccc(OCCCC(=O)NC(=S)Nc2ccc(C)c(Cl)c2)cc1. The lowest BCUT2D eigenvalue weighted by Crippen LogP contribution is -2.34. The molecular weight excluding hydrogens is 356 g/mol. The van der Waals surface area contributed by atoms with E-state index in [2.05, 4.69) is 10.6 Å². The van der Waals surface area contributed by atoms with Gasteiger partial charge in [0, 0.05) is 17.1 Å². The Morgan fingerprint density at radius 3 is 2.56 bits per heavy atom. The fraction of sp³-hybridized carbons (Fsp3) is 0.263. The van der Waals surface area contributed by atoms with Crippen LogP contribution in [-0.4, -0.2) is 17.6 Å². The molecule has 4 nitrogen and oxygen atoms in total. The fourth-order valence-electron chi connectivity index (χ4n) is 2.08. The van der Waals surface area contributed by atoms with E-state index in [1.54, 1.807) is 6.07 Å². The Morgan fingerprint density at radius 2 is 1.88 bits per heavy atom. The third-order valence-electron chi connectivity index (χ3n) is 3.52. The molecule has 0 aromatic heterocycles. The van der Waals surface area contributed by atoms with Crippen molar-refractivity contribution < 1.29 is 9.53 Å². The third-order valence-corrected chi connectivity index (χ3v) is 4.13. The number of rotatable bonds is 6. The van der Waals surface area contributed by atoms with E-state index in [1.807, 2.05) is 50.2 Å². The highest BCUT2D eigenvalue weighted by molar-refractivity contribution is 7.80. The van der Waals surface area contributed by atoms with E-state index < -0.39 is 0 Å². The van der Waals surface area contributed by atoms with Gasteiger partial charge >= 0.3 is 0 Å². The quantitative estimate of drug-likeness (QED) is 0.570. The van der Waals surface area contributed by atoms with Crippen molar-refractivity contribution in [2.75, 3.05) is 11.9 Å². The van der Waals surface area contributed by atoms with Gasteiger partial charge in [-0.25, -0.2) is 0 Å². The van der Waals surface area contributed by atoms with Crippen molar-refractivity contribution in [3.63, 3.8) is 0 Å². The first-order valence-electron chi connectivity index (χ1n) is 8.00. The third kappa shape index (κ3) is 6.72. The molecular formula is C19H21ClN2O2S. The molecule has 0 atom stereocenters. The van der Waals surface area contributed by atoms with Crippen molar-refractivity contribution in [2.45, 2.75) is 26.7 Å². The molecule has 0 aliphatic heterocycles. The number of benzene rings is 2. The average Bonchev–Trinajstić information content (AvgIpc) is 2.56. The first-order valence-corrected chi connectivity index (χ1v) is 8.79. The van der Waals surface area contributed by atoms with Crippen molar-refractivity contribution in [1.82, 2.24) is 5.32 Å². The van der Waals surface area contributed by atoms with Crippen LogP contribution < -0.4 is 15.4 Å². The molecule has 1 amide bonds. The number of anilines is 1. The van der Waals surface area contributed by atoms with Gasteiger partial charge in [-0.3, -0.25) is 4.79 Å². The Bertz CT molecular complexity index is 748. The molecule has 0 saturated carbocycles. The van der Waals surface area contributed by atoms with Gasteiger partial charge in [-0.2, -0.15) is 0 Å². The summed E-state index contributed by atoms with van der Waals surface area (Å²) in [6.45, 7) is 4.42. The van der Waals surface area contributed by atoms with Crippen molar-refractivity contribution in [3.8, 4) is 5.75 Å². The van der Waals surface area contributed by atoms with Gasteiger partial charge in [0.25, 0.3) is 0 Å². The van der Waals surface area contributed by atoms with Gasteiger partial charge < -0.3 is 15.4 Å². The van der Waals surface area contributed by atoms with Crippen LogP contribution >= 0.6 is 23.8 Å². The number of hydrogen-bond acceptors (Lipinski definition) is 3. The van der Waals surface area contributed by atoms with Crippen molar-refractivity contribution in [1.29, 1.82) is 0 Å². The average molecular weight is 377 g/mol. The van der Waals surface area contributed by atoms with Crippen LogP contribution in [0.2, 0.25) is 5.02 Å². The lowest BCUT2D eigenvalue weighted by atomic mass is 10.2. The molecule has 25 heavy (non-hydrogen) atoms. The van der Waals surface area contributed by atoms with Crippen LogP contribution in [0.5, 0.6) is 5.75 Å². The summed E-state index contributed by atoms with van der Waals surface area (Å²) >= 11 is 11.2. The number of nitrogens with one attached hydrogen (secondary N) is 2. The molecule has 132 valence electrons. The summed E-state index contributed by atoms with van der Waals surface area (Å²) in [7, 11) is 0. The lowest BCUT2D eigenvalue weighted by molar-refractivity contribution is -0.119. The predicted molar refractivity (Wildman–Crippen MR) is 106 cm³/mol. The maximum absolute atomic E-state index is 11.9. The number of carbonyl (C=O) groups excluding carboxylic acids is 1. The number of hydrogen-bond donors (Lipinski definition) is 2. The first-order chi connectivity index (χ1) is 11.9. The van der Waals surface area contributed by atoms with Crippen LogP contribution in [0.15, 0.2) is 42.5 Å². The minimum absolute atomic E-state index is 0.150. The molecule has 2 aromatic rings. The molecule has 0 heterocycles. The molecule has 0 bridgehead atoms. The summed E-state index contributed by atoms with van der Waals surface area (Å²) in [5.41, 5.74) is 2.90. The molecule has 6 heteroatoms. The smallest absolute Gasteiger partial charge is 0.226 e. The van der Waals surface area contributed by atoms with E-state index in [4.69, 9.17) is 28.6 Å². The number of thiocarbonyl (C=S) groups is 1. The Labute approximate surface area is 158 Å². The standard InChI is InChI=1S/C19H21ClN2O2S/c1-13-5-9-16(10-6-13)24-11-3-4-18(23)22-19(25)21-15-8-7-14(2)17(20)12-15/h5-10,12H,3-4,11H2,1-2H3,(H2,21,22,23,25). The zero-order chi connectivity index (χ0) is 18.2. The van der Waals surface area contributed by atoms with Crippen molar-refractivity contribution >= 4 is 40.5 Å². The largest absolute Gasteiger partial charge is 0.494 e. The fourth-order valence-corrected chi connectivity index (χ4v) is 2.49. The highest BCUT2D eigenvalue weighted by Crippen LogP contribution is 2.19. The maximum Gasteiger partial charge on any atom is 0.226 e. The number of halogens is 1. The topological polar surface area (TPSA) is 50.4 Å². The summed E-state index contributed by atoms with van der Waals surface area (Å²) in [6.07, 6.45) is 0.945. The first kappa shape index (κ1) is 19.2. The van der Waals surface area contributed by atoms with E-state index in [0.29, 0.717) is 24.5 Å². The summed E-state index contributed by atoms with van der Waals surface area (Å²) in [4.78, 5) is 11.9. The normalized spacial score (nSPS) is 10.2. The van der Waals surface area contributed by atoms with Gasteiger partial charge in [-0.1, -0.05) is 35.4 Å². The van der Waals surface area contributed by atoms with Crippen LogP contribution in [0.1, 0.15) is 24.0 Å². The number of carbonyl (C=O) groups is 1. The van der Waals surface area contributed by atoms with Gasteiger partial charge in [0.15, 0.2) is 5.11 Å². The van der Waals surface area contributed by atoms with Crippen LogP contribution in [0.25, 0.3) is 0 Å². The van der Waals surface area contributed by atoms with E-state index in [1.165, 1.54) is 5.56 Å². The van der Waals surface area contributed by atoms with Gasteiger partial charge in [-0.15, -0.1) is 0 Å². The second-order valence-corrected chi connectivity index (χ2v) is 6.55. The molecule has 2 N–H and O–H groups in total. The molecule has 0 saturated heterocycles. The monoisotopic (exact) mass is 376 g/mol. The summed E-state index contributed by atoms with van der Waals surface area (Å²) < 4.78 is 5.59. The maximum atomic E-state index is 11.9. The molecule has 0 radical (unpaired) electrons. The summed E-state index contributed by atoms with van der Waals surface area (Å²) in [5, 5.41) is 6.50. The Kier molecular flexibility index (Phi) is 7.22. The Balaban J connectivity index is 1.67. The highest BCUT2D eigenvalue weighted by Gasteiger charge is 2.06. The van der Waals surface area contributed by atoms with Gasteiger partial charge in [0.05, 0.1) is 6.61 Å². The summed E-state index contributed by atoms with van der Waals surface area (Å²) in [6, 6.07) is 13.3. The number of aryl methyl sites for hydroxylation is 2. The van der Waals surface area contributed by atoms with E-state index in [9.17, 15) is 4.79 Å². The molecule has 0 spiro atoms. The minimum Gasteiger partial charge on any atom is -0.494 e. The van der Waals surface area contributed by atoms with Crippen LogP contribution in [0, 0.1) is 13.8 Å². The molecule has 0 unspecified atom stereocenters. The van der Waals surface area contributed by atoms with Gasteiger partial charge in [0.2, 0.25) is 5.91 Å². The molecule has 0 aliphatic rings. The van der Waals surface area contributed by atoms with Crippen LogP contribution in [-0.2, 0) is 4.79 Å². The van der Waals surface area contributed by atoms with E-state index in [-0.39, 0.29) is 11.0 Å². The zero-order valence-electron chi connectivity index (χ0n) is 14.3. The molecule has 2 aromatic carbocycles. The molecule has 0 fully saturated rings. The van der Waals surface area contributed by atoms with Gasteiger partial charge in [0.1, 0.15) is 5.75 Å². The second-order valence-electron chi connectivity index (χ2n) is 5.73. The van der Waals surface area contributed by atoms with Crippen molar-refractivity contribution in [2.24, 2.45) is 0 Å². The Hall–Kier alpha value is -2.11. The highest BCUT2D eigenvalue weighted by atomic mass is 35.5. The zero-order valence-corrected chi connectivity index (χ0v) is 15.8. The Morgan fingerprint density at radius 1 is 1.16 bits per heavy atom. The van der Waals surface area contributed by atoms with E-state index >= 15 is 0 Å². The van der Waals surface area contributed by atoms with Crippen LogP contribution in [0.3, 0.4) is 0 Å². The number of ether oxygens (including phenoxy) is 1. The van der Waals surface area contributed by atoms with Gasteiger partial charge in [-0.05, 0) is 62.3 Å². The van der Waals surface area contributed by atoms with E-state index in [0.717, 1.165) is 17.0 Å². The minimum atomic E-state index is -0.150. The lowest BCUT2D eigenvalue weighted by Gasteiger charge is -2.11. The predicted octanol–water partition coefficient (Wildman–Crippen LogP) is 4.63. The molecule has 2 rings (SSSR count). The van der Waals surface area contributed by atoms with Crippen molar-refractivity contribution in [3.05, 3.63) is 58.6 Å². The summed E-state index contributed by atoms with van der Waals surface area (Å²) in [5.74, 6) is 0.655.